The van der Waals surface area contributed by atoms with Crippen LogP contribution in [0.25, 0.3) is 32.7 Å². The predicted octanol–water partition coefficient (Wildman–Crippen LogP) is 5.44. The molecule has 0 aliphatic carbocycles. The van der Waals surface area contributed by atoms with Crippen LogP contribution in [0.2, 0.25) is 0 Å². The molecule has 0 saturated heterocycles. The molecule has 0 bridgehead atoms. The quantitative estimate of drug-likeness (QED) is 0.336. The Morgan fingerprint density at radius 2 is 1.58 bits per heavy atom. The molecule has 26 heavy (non-hydrogen) atoms. The average Bonchev–Trinajstić information content (AvgIpc) is 2.61. The summed E-state index contributed by atoms with van der Waals surface area (Å²) in [6.07, 6.45) is -4.62. The van der Waals surface area contributed by atoms with Crippen molar-refractivity contribution in [2.45, 2.75) is 13.1 Å². The highest BCUT2D eigenvalue weighted by Gasteiger charge is 2.34. The standard InChI is InChI=1S/C20H13F3O3/c1-10-15-16(24)13-8-5-9-14(20(21,22)23)18(13)26-19(15)12-7-4-3-6-11(12)17(10)25-2/h3-9H,1-2H3. The van der Waals surface area contributed by atoms with E-state index in [4.69, 9.17) is 9.15 Å². The normalized spacial score (nSPS) is 12.2. The lowest BCUT2D eigenvalue weighted by Crippen LogP contribution is -2.10. The summed E-state index contributed by atoms with van der Waals surface area (Å²) in [6.45, 7) is 1.70. The van der Waals surface area contributed by atoms with Crippen LogP contribution < -0.4 is 10.2 Å². The van der Waals surface area contributed by atoms with Crippen molar-refractivity contribution in [3.63, 3.8) is 0 Å². The minimum Gasteiger partial charge on any atom is -0.496 e. The molecule has 0 aliphatic heterocycles. The van der Waals surface area contributed by atoms with Crippen molar-refractivity contribution in [2.75, 3.05) is 7.11 Å². The molecule has 0 spiro atoms. The zero-order valence-corrected chi connectivity index (χ0v) is 13.9. The van der Waals surface area contributed by atoms with Crippen LogP contribution >= 0.6 is 0 Å². The number of fused-ring (bicyclic) bond motifs is 4. The van der Waals surface area contributed by atoms with E-state index in [2.05, 4.69) is 0 Å². The summed E-state index contributed by atoms with van der Waals surface area (Å²) < 4.78 is 51.3. The second-order valence-corrected chi connectivity index (χ2v) is 6.02. The van der Waals surface area contributed by atoms with Gasteiger partial charge in [-0.2, -0.15) is 13.2 Å². The molecule has 6 heteroatoms. The summed E-state index contributed by atoms with van der Waals surface area (Å²) in [6, 6.07) is 10.5. The van der Waals surface area contributed by atoms with E-state index in [1.54, 1.807) is 31.2 Å². The molecule has 0 unspecified atom stereocenters. The third kappa shape index (κ3) is 2.18. The van der Waals surface area contributed by atoms with Crippen molar-refractivity contribution >= 4 is 32.7 Å². The number of para-hydroxylation sites is 1. The zero-order chi connectivity index (χ0) is 18.6. The Morgan fingerprint density at radius 1 is 0.923 bits per heavy atom. The maximum absolute atomic E-state index is 13.4. The molecule has 3 nitrogen and oxygen atoms in total. The van der Waals surface area contributed by atoms with Crippen LogP contribution in [0.4, 0.5) is 13.2 Å². The maximum atomic E-state index is 13.4. The predicted molar refractivity (Wildman–Crippen MR) is 93.8 cm³/mol. The van der Waals surface area contributed by atoms with E-state index >= 15 is 0 Å². The summed E-state index contributed by atoms with van der Waals surface area (Å²) >= 11 is 0. The van der Waals surface area contributed by atoms with Crippen molar-refractivity contribution in [1.29, 1.82) is 0 Å². The molecule has 0 fully saturated rings. The van der Waals surface area contributed by atoms with Gasteiger partial charge in [0.05, 0.1) is 23.4 Å². The summed E-state index contributed by atoms with van der Waals surface area (Å²) in [5, 5.41) is 1.33. The molecule has 1 aromatic heterocycles. The molecular weight excluding hydrogens is 345 g/mol. The number of methoxy groups -OCH3 is 1. The number of hydrogen-bond donors (Lipinski definition) is 0. The van der Waals surface area contributed by atoms with Crippen molar-refractivity contribution in [2.24, 2.45) is 0 Å². The van der Waals surface area contributed by atoms with Gasteiger partial charge in [0, 0.05) is 16.3 Å². The Balaban J connectivity index is 2.34. The number of hydrogen-bond acceptors (Lipinski definition) is 3. The molecule has 0 N–H and O–H groups in total. The Labute approximate surface area is 145 Å². The first-order valence-corrected chi connectivity index (χ1v) is 7.86. The summed E-state index contributed by atoms with van der Waals surface area (Å²) in [4.78, 5) is 13.0. The topological polar surface area (TPSA) is 39.4 Å². The molecule has 4 rings (SSSR count). The third-order valence-electron chi connectivity index (χ3n) is 4.56. The molecule has 0 amide bonds. The van der Waals surface area contributed by atoms with E-state index in [0.717, 1.165) is 6.07 Å². The van der Waals surface area contributed by atoms with Crippen molar-refractivity contribution in [3.05, 3.63) is 63.8 Å². The molecule has 0 radical (unpaired) electrons. The highest BCUT2D eigenvalue weighted by molar-refractivity contribution is 6.11. The SMILES string of the molecule is COc1c(C)c2c(=O)c3cccc(C(F)(F)F)c3oc2c2ccccc12. The van der Waals surface area contributed by atoms with E-state index in [1.807, 2.05) is 0 Å². The molecule has 4 aromatic rings. The molecule has 1 heterocycles. The van der Waals surface area contributed by atoms with Gasteiger partial charge in [0.25, 0.3) is 0 Å². The fourth-order valence-electron chi connectivity index (χ4n) is 3.43. The number of alkyl halides is 3. The Bertz CT molecular complexity index is 1240. The fraction of sp³-hybridized carbons (Fsp3) is 0.150. The summed E-state index contributed by atoms with van der Waals surface area (Å²) in [5.41, 5.74) is -1.25. The average molecular weight is 358 g/mol. The lowest BCUT2D eigenvalue weighted by atomic mass is 9.99. The number of benzene rings is 3. The van der Waals surface area contributed by atoms with E-state index in [-0.39, 0.29) is 16.4 Å². The van der Waals surface area contributed by atoms with Gasteiger partial charge in [-0.1, -0.05) is 30.3 Å². The van der Waals surface area contributed by atoms with Crippen LogP contribution in [0.1, 0.15) is 11.1 Å². The molecule has 0 saturated carbocycles. The van der Waals surface area contributed by atoms with Gasteiger partial charge in [-0.25, -0.2) is 0 Å². The molecular formula is C20H13F3O3. The van der Waals surface area contributed by atoms with Gasteiger partial charge in [-0.05, 0) is 19.1 Å². The summed E-state index contributed by atoms with van der Waals surface area (Å²) in [5.74, 6) is 0.506. The number of rotatable bonds is 1. The van der Waals surface area contributed by atoms with E-state index in [9.17, 15) is 18.0 Å². The van der Waals surface area contributed by atoms with Gasteiger partial charge in [0.15, 0.2) is 5.58 Å². The van der Waals surface area contributed by atoms with E-state index < -0.39 is 22.8 Å². The third-order valence-corrected chi connectivity index (χ3v) is 4.56. The highest BCUT2D eigenvalue weighted by atomic mass is 19.4. The maximum Gasteiger partial charge on any atom is 0.420 e. The second kappa shape index (κ2) is 5.49. The van der Waals surface area contributed by atoms with Gasteiger partial charge >= 0.3 is 6.18 Å². The smallest absolute Gasteiger partial charge is 0.420 e. The summed E-state index contributed by atoms with van der Waals surface area (Å²) in [7, 11) is 1.49. The van der Waals surface area contributed by atoms with Crippen LogP contribution in [-0.2, 0) is 6.18 Å². The highest BCUT2D eigenvalue weighted by Crippen LogP contribution is 2.40. The van der Waals surface area contributed by atoms with Crippen LogP contribution in [-0.4, -0.2) is 7.11 Å². The van der Waals surface area contributed by atoms with Crippen molar-refractivity contribution in [3.8, 4) is 5.75 Å². The lowest BCUT2D eigenvalue weighted by Gasteiger charge is -2.15. The first kappa shape index (κ1) is 16.4. The molecule has 0 aliphatic rings. The zero-order valence-electron chi connectivity index (χ0n) is 13.9. The Kier molecular flexibility index (Phi) is 3.47. The molecule has 132 valence electrons. The lowest BCUT2D eigenvalue weighted by molar-refractivity contribution is -0.136. The van der Waals surface area contributed by atoms with Gasteiger partial charge in [0.2, 0.25) is 5.43 Å². The Hall–Kier alpha value is -3.02. The minimum absolute atomic E-state index is 0.104. The van der Waals surface area contributed by atoms with Crippen molar-refractivity contribution < 1.29 is 22.3 Å². The van der Waals surface area contributed by atoms with Crippen LogP contribution in [0.15, 0.2) is 51.7 Å². The van der Waals surface area contributed by atoms with Gasteiger partial charge in [0.1, 0.15) is 11.3 Å². The molecule has 0 atom stereocenters. The first-order chi connectivity index (χ1) is 12.3. The first-order valence-electron chi connectivity index (χ1n) is 7.86. The van der Waals surface area contributed by atoms with E-state index in [0.29, 0.717) is 22.1 Å². The van der Waals surface area contributed by atoms with Gasteiger partial charge in [-0.15, -0.1) is 0 Å². The van der Waals surface area contributed by atoms with Gasteiger partial charge in [-0.3, -0.25) is 4.79 Å². The van der Waals surface area contributed by atoms with Crippen LogP contribution in [0.5, 0.6) is 5.75 Å². The van der Waals surface area contributed by atoms with Crippen LogP contribution in [0.3, 0.4) is 0 Å². The number of aryl methyl sites for hydroxylation is 1. The van der Waals surface area contributed by atoms with Gasteiger partial charge < -0.3 is 9.15 Å². The minimum atomic E-state index is -4.62. The fourth-order valence-corrected chi connectivity index (χ4v) is 3.43. The molecule has 3 aromatic carbocycles. The van der Waals surface area contributed by atoms with Crippen molar-refractivity contribution in [1.82, 2.24) is 0 Å². The van der Waals surface area contributed by atoms with Crippen LogP contribution in [0, 0.1) is 6.92 Å². The van der Waals surface area contributed by atoms with E-state index in [1.165, 1.54) is 19.2 Å². The second-order valence-electron chi connectivity index (χ2n) is 6.02. The Morgan fingerprint density at radius 3 is 2.23 bits per heavy atom. The monoisotopic (exact) mass is 358 g/mol. The number of ether oxygens (including phenoxy) is 1. The number of halogens is 3. The largest absolute Gasteiger partial charge is 0.496 e.